The molecule has 1 unspecified atom stereocenters. The van der Waals surface area contributed by atoms with Gasteiger partial charge in [-0.05, 0) is 56.9 Å². The summed E-state index contributed by atoms with van der Waals surface area (Å²) in [6.07, 6.45) is 6.58. The van der Waals surface area contributed by atoms with Crippen LogP contribution >= 0.6 is 0 Å². The standard InChI is InChI=1S/C19H27NO3/c1-3-22-16-7-8-17-14(12-16)11-15(13-23-17)18(21)20-19(2)9-5-4-6-10-19/h7-8,12,15H,3-6,9-11,13H2,1-2H3,(H,20,21). The Bertz CT molecular complexity index is 564. The van der Waals surface area contributed by atoms with E-state index in [1.54, 1.807) is 0 Å². The third-order valence-corrected chi connectivity index (χ3v) is 5.00. The van der Waals surface area contributed by atoms with Crippen molar-refractivity contribution in [2.45, 2.75) is 57.9 Å². The molecule has 0 aromatic heterocycles. The normalized spacial score (nSPS) is 22.6. The fraction of sp³-hybridized carbons (Fsp3) is 0.632. The molecule has 23 heavy (non-hydrogen) atoms. The van der Waals surface area contributed by atoms with Crippen LogP contribution in [0.25, 0.3) is 0 Å². The fourth-order valence-corrected chi connectivity index (χ4v) is 3.65. The van der Waals surface area contributed by atoms with Crippen LogP contribution < -0.4 is 14.8 Å². The molecule has 0 bridgehead atoms. The minimum atomic E-state index is -0.113. The SMILES string of the molecule is CCOc1ccc2c(c1)CC(C(=O)NC1(C)CCCCC1)CO2. The van der Waals surface area contributed by atoms with E-state index in [-0.39, 0.29) is 17.4 Å². The molecule has 1 heterocycles. The number of fused-ring (bicyclic) bond motifs is 1. The van der Waals surface area contributed by atoms with E-state index < -0.39 is 0 Å². The van der Waals surface area contributed by atoms with Crippen LogP contribution in [-0.4, -0.2) is 24.7 Å². The zero-order chi connectivity index (χ0) is 16.3. The van der Waals surface area contributed by atoms with Crippen LogP contribution in [-0.2, 0) is 11.2 Å². The Morgan fingerprint density at radius 1 is 1.35 bits per heavy atom. The van der Waals surface area contributed by atoms with Crippen molar-refractivity contribution in [3.05, 3.63) is 23.8 Å². The third kappa shape index (κ3) is 3.80. The molecule has 0 radical (unpaired) electrons. The van der Waals surface area contributed by atoms with E-state index in [0.29, 0.717) is 13.2 Å². The van der Waals surface area contributed by atoms with Crippen LogP contribution in [0.15, 0.2) is 18.2 Å². The Kier molecular flexibility index (Phi) is 4.79. The molecule has 0 saturated heterocycles. The van der Waals surface area contributed by atoms with Gasteiger partial charge in [0.25, 0.3) is 0 Å². The van der Waals surface area contributed by atoms with Crippen molar-refractivity contribution < 1.29 is 14.3 Å². The highest BCUT2D eigenvalue weighted by Gasteiger charge is 2.33. The van der Waals surface area contributed by atoms with E-state index in [1.807, 2.05) is 25.1 Å². The largest absolute Gasteiger partial charge is 0.494 e. The first-order valence-electron chi connectivity index (χ1n) is 8.80. The van der Waals surface area contributed by atoms with Gasteiger partial charge in [-0.1, -0.05) is 19.3 Å². The minimum Gasteiger partial charge on any atom is -0.494 e. The molecule has 1 N–H and O–H groups in total. The second kappa shape index (κ2) is 6.81. The van der Waals surface area contributed by atoms with Crippen molar-refractivity contribution in [3.8, 4) is 11.5 Å². The predicted molar refractivity (Wildman–Crippen MR) is 89.9 cm³/mol. The Labute approximate surface area is 138 Å². The van der Waals surface area contributed by atoms with Gasteiger partial charge >= 0.3 is 0 Å². The first kappa shape index (κ1) is 16.2. The van der Waals surface area contributed by atoms with Gasteiger partial charge in [0, 0.05) is 5.54 Å². The molecule has 1 aliphatic carbocycles. The highest BCUT2D eigenvalue weighted by molar-refractivity contribution is 5.80. The van der Waals surface area contributed by atoms with Crippen molar-refractivity contribution in [3.63, 3.8) is 0 Å². The molecule has 1 aromatic rings. The zero-order valence-corrected chi connectivity index (χ0v) is 14.2. The highest BCUT2D eigenvalue weighted by Crippen LogP contribution is 2.32. The Morgan fingerprint density at radius 3 is 2.87 bits per heavy atom. The number of benzene rings is 1. The van der Waals surface area contributed by atoms with Crippen molar-refractivity contribution in [2.24, 2.45) is 5.92 Å². The molecule has 2 aliphatic rings. The smallest absolute Gasteiger partial charge is 0.227 e. The van der Waals surface area contributed by atoms with Gasteiger partial charge in [-0.15, -0.1) is 0 Å². The molecule has 4 nitrogen and oxygen atoms in total. The Morgan fingerprint density at radius 2 is 2.13 bits per heavy atom. The van der Waals surface area contributed by atoms with E-state index in [2.05, 4.69) is 12.2 Å². The number of rotatable bonds is 4. The summed E-state index contributed by atoms with van der Waals surface area (Å²) in [5, 5.41) is 3.29. The quantitative estimate of drug-likeness (QED) is 0.925. The lowest BCUT2D eigenvalue weighted by molar-refractivity contribution is -0.128. The lowest BCUT2D eigenvalue weighted by Crippen LogP contribution is -2.51. The maximum atomic E-state index is 12.7. The van der Waals surface area contributed by atoms with Crippen LogP contribution in [0.2, 0.25) is 0 Å². The molecular formula is C19H27NO3. The Balaban J connectivity index is 1.65. The van der Waals surface area contributed by atoms with E-state index in [0.717, 1.165) is 36.3 Å². The van der Waals surface area contributed by atoms with Gasteiger partial charge in [-0.3, -0.25) is 4.79 Å². The molecular weight excluding hydrogens is 290 g/mol. The first-order valence-corrected chi connectivity index (χ1v) is 8.80. The molecule has 126 valence electrons. The van der Waals surface area contributed by atoms with E-state index in [4.69, 9.17) is 9.47 Å². The molecule has 1 saturated carbocycles. The third-order valence-electron chi connectivity index (χ3n) is 5.00. The predicted octanol–water partition coefficient (Wildman–Crippen LogP) is 3.48. The van der Waals surface area contributed by atoms with Crippen molar-refractivity contribution in [1.29, 1.82) is 0 Å². The molecule has 1 fully saturated rings. The summed E-state index contributed by atoms with van der Waals surface area (Å²) in [6.45, 7) is 5.25. The number of hydrogen-bond acceptors (Lipinski definition) is 3. The molecule has 3 rings (SSSR count). The average molecular weight is 317 g/mol. The topological polar surface area (TPSA) is 47.6 Å². The van der Waals surface area contributed by atoms with Crippen LogP contribution in [0.4, 0.5) is 0 Å². The van der Waals surface area contributed by atoms with Gasteiger partial charge in [0.1, 0.15) is 18.1 Å². The van der Waals surface area contributed by atoms with Gasteiger partial charge in [-0.25, -0.2) is 0 Å². The number of amides is 1. The maximum absolute atomic E-state index is 12.7. The second-order valence-corrected chi connectivity index (χ2v) is 7.03. The summed E-state index contributed by atoms with van der Waals surface area (Å²) < 4.78 is 11.3. The molecule has 4 heteroatoms. The van der Waals surface area contributed by atoms with E-state index in [9.17, 15) is 4.79 Å². The molecule has 1 atom stereocenters. The summed E-state index contributed by atoms with van der Waals surface area (Å²) >= 11 is 0. The van der Waals surface area contributed by atoms with Crippen LogP contribution in [0, 0.1) is 5.92 Å². The first-order chi connectivity index (χ1) is 11.1. The molecule has 1 amide bonds. The summed E-state index contributed by atoms with van der Waals surface area (Å²) in [5.41, 5.74) is 1.03. The van der Waals surface area contributed by atoms with Crippen LogP contribution in [0.5, 0.6) is 11.5 Å². The van der Waals surface area contributed by atoms with Crippen molar-refractivity contribution >= 4 is 5.91 Å². The summed E-state index contributed by atoms with van der Waals surface area (Å²) in [6, 6.07) is 5.86. The number of carbonyl (C=O) groups excluding carboxylic acids is 1. The minimum absolute atomic E-state index is 0.0389. The average Bonchev–Trinajstić information content (AvgIpc) is 2.54. The number of nitrogens with one attached hydrogen (secondary N) is 1. The zero-order valence-electron chi connectivity index (χ0n) is 14.2. The van der Waals surface area contributed by atoms with Gasteiger partial charge < -0.3 is 14.8 Å². The summed E-state index contributed by atoms with van der Waals surface area (Å²) in [4.78, 5) is 12.7. The lowest BCUT2D eigenvalue weighted by Gasteiger charge is -2.36. The summed E-state index contributed by atoms with van der Waals surface area (Å²) in [7, 11) is 0. The van der Waals surface area contributed by atoms with Crippen molar-refractivity contribution in [1.82, 2.24) is 5.32 Å². The molecule has 1 aromatic carbocycles. The van der Waals surface area contributed by atoms with Gasteiger partial charge in [-0.2, -0.15) is 0 Å². The molecule has 1 aliphatic heterocycles. The Hall–Kier alpha value is -1.71. The number of ether oxygens (including phenoxy) is 2. The monoisotopic (exact) mass is 317 g/mol. The molecule has 0 spiro atoms. The van der Waals surface area contributed by atoms with Crippen molar-refractivity contribution in [2.75, 3.05) is 13.2 Å². The number of carbonyl (C=O) groups is 1. The highest BCUT2D eigenvalue weighted by atomic mass is 16.5. The second-order valence-electron chi connectivity index (χ2n) is 7.03. The van der Waals surface area contributed by atoms with Gasteiger partial charge in [0.2, 0.25) is 5.91 Å². The maximum Gasteiger partial charge on any atom is 0.227 e. The van der Waals surface area contributed by atoms with Gasteiger partial charge in [0.05, 0.1) is 12.5 Å². The van der Waals surface area contributed by atoms with Crippen LogP contribution in [0.1, 0.15) is 51.5 Å². The number of hydrogen-bond donors (Lipinski definition) is 1. The van der Waals surface area contributed by atoms with Gasteiger partial charge in [0.15, 0.2) is 0 Å². The van der Waals surface area contributed by atoms with E-state index in [1.165, 1.54) is 19.3 Å². The van der Waals surface area contributed by atoms with Crippen LogP contribution in [0.3, 0.4) is 0 Å². The van der Waals surface area contributed by atoms with E-state index >= 15 is 0 Å². The fourth-order valence-electron chi connectivity index (χ4n) is 3.65. The lowest BCUT2D eigenvalue weighted by atomic mass is 9.82. The summed E-state index contributed by atoms with van der Waals surface area (Å²) in [5.74, 6) is 1.73.